The zero-order valence-electron chi connectivity index (χ0n) is 11.6. The highest BCUT2D eigenvalue weighted by molar-refractivity contribution is 5.67. The van der Waals surface area contributed by atoms with Gasteiger partial charge in [0.05, 0.1) is 11.3 Å². The van der Waals surface area contributed by atoms with Crippen molar-refractivity contribution in [2.45, 2.75) is 13.1 Å². The topological polar surface area (TPSA) is 41.6 Å². The Balaban J connectivity index is 2.05. The van der Waals surface area contributed by atoms with Crippen LogP contribution in [0.2, 0.25) is 0 Å². The second-order valence-electron chi connectivity index (χ2n) is 4.87. The first-order valence-corrected chi connectivity index (χ1v) is 6.60. The molecule has 0 bridgehead atoms. The van der Waals surface area contributed by atoms with Gasteiger partial charge in [0.25, 0.3) is 0 Å². The highest BCUT2D eigenvalue weighted by Crippen LogP contribution is 2.33. The summed E-state index contributed by atoms with van der Waals surface area (Å²) in [7, 11) is 0. The van der Waals surface area contributed by atoms with Crippen molar-refractivity contribution >= 4 is 0 Å². The maximum Gasteiger partial charge on any atom is 0.416 e. The highest BCUT2D eigenvalue weighted by Gasteiger charge is 2.30. The number of alkyl halides is 3. The summed E-state index contributed by atoms with van der Waals surface area (Å²) in [5, 5.41) is 0. The van der Waals surface area contributed by atoms with Gasteiger partial charge in [-0.05, 0) is 31.2 Å². The summed E-state index contributed by atoms with van der Waals surface area (Å²) in [6.07, 6.45) is -1.09. The number of aromatic amines is 1. The average Bonchev–Trinajstić information content (AvgIpc) is 2.89. The third-order valence-corrected chi connectivity index (χ3v) is 3.30. The van der Waals surface area contributed by atoms with Crippen LogP contribution in [-0.2, 0) is 6.18 Å². The summed E-state index contributed by atoms with van der Waals surface area (Å²) < 4.78 is 38.5. The lowest BCUT2D eigenvalue weighted by Gasteiger charge is -2.07. The fourth-order valence-corrected chi connectivity index (χ4v) is 2.23. The molecule has 22 heavy (non-hydrogen) atoms. The SMILES string of the molecule is Cc1[nH]c(-c2ccncc2)nc1-c1cccc(C(F)(F)F)c1. The fraction of sp³-hybridized carbons (Fsp3) is 0.125. The monoisotopic (exact) mass is 303 g/mol. The van der Waals surface area contributed by atoms with Crippen molar-refractivity contribution in [3.05, 3.63) is 60.0 Å². The van der Waals surface area contributed by atoms with Crippen LogP contribution in [0.15, 0.2) is 48.8 Å². The molecule has 1 N–H and O–H groups in total. The zero-order chi connectivity index (χ0) is 15.7. The van der Waals surface area contributed by atoms with Gasteiger partial charge in [0.1, 0.15) is 5.82 Å². The van der Waals surface area contributed by atoms with E-state index in [1.165, 1.54) is 6.07 Å². The summed E-state index contributed by atoms with van der Waals surface area (Å²) in [5.41, 5.74) is 1.81. The van der Waals surface area contributed by atoms with Crippen LogP contribution in [0.3, 0.4) is 0 Å². The van der Waals surface area contributed by atoms with Crippen molar-refractivity contribution in [3.8, 4) is 22.6 Å². The van der Waals surface area contributed by atoms with Crippen molar-refractivity contribution in [2.24, 2.45) is 0 Å². The number of pyridine rings is 1. The van der Waals surface area contributed by atoms with Gasteiger partial charge in [0, 0.05) is 29.2 Å². The Bertz CT molecular complexity index is 792. The second kappa shape index (κ2) is 5.29. The predicted molar refractivity (Wildman–Crippen MR) is 77.0 cm³/mol. The molecule has 6 heteroatoms. The number of rotatable bonds is 2. The molecule has 2 aromatic heterocycles. The van der Waals surface area contributed by atoms with E-state index < -0.39 is 11.7 Å². The number of halogens is 3. The highest BCUT2D eigenvalue weighted by atomic mass is 19.4. The number of aryl methyl sites for hydroxylation is 1. The average molecular weight is 303 g/mol. The first-order valence-electron chi connectivity index (χ1n) is 6.60. The smallest absolute Gasteiger partial charge is 0.342 e. The normalized spacial score (nSPS) is 11.6. The molecule has 3 rings (SSSR count). The predicted octanol–water partition coefficient (Wildman–Crippen LogP) is 4.47. The van der Waals surface area contributed by atoms with Crippen molar-refractivity contribution in [1.29, 1.82) is 0 Å². The van der Waals surface area contributed by atoms with Gasteiger partial charge in [-0.15, -0.1) is 0 Å². The van der Waals surface area contributed by atoms with E-state index in [1.54, 1.807) is 37.5 Å². The molecule has 0 fully saturated rings. The van der Waals surface area contributed by atoms with E-state index in [4.69, 9.17) is 0 Å². The third kappa shape index (κ3) is 2.72. The summed E-state index contributed by atoms with van der Waals surface area (Å²) in [4.78, 5) is 11.5. The Kier molecular flexibility index (Phi) is 3.44. The number of benzene rings is 1. The third-order valence-electron chi connectivity index (χ3n) is 3.30. The molecule has 0 spiro atoms. The first-order chi connectivity index (χ1) is 10.4. The maximum atomic E-state index is 12.8. The lowest BCUT2D eigenvalue weighted by Crippen LogP contribution is -2.04. The molecule has 0 aliphatic heterocycles. The van der Waals surface area contributed by atoms with E-state index >= 15 is 0 Å². The minimum absolute atomic E-state index is 0.434. The summed E-state index contributed by atoms with van der Waals surface area (Å²) in [5.74, 6) is 0.604. The standard InChI is InChI=1S/C16H12F3N3/c1-10-14(12-3-2-4-13(9-12)16(17,18)19)22-15(21-10)11-5-7-20-8-6-11/h2-9H,1H3,(H,21,22). The van der Waals surface area contributed by atoms with E-state index in [1.807, 2.05) is 0 Å². The van der Waals surface area contributed by atoms with Gasteiger partial charge >= 0.3 is 6.18 Å². The van der Waals surface area contributed by atoms with Gasteiger partial charge in [-0.1, -0.05) is 12.1 Å². The number of hydrogen-bond donors (Lipinski definition) is 1. The Hall–Kier alpha value is -2.63. The van der Waals surface area contributed by atoms with E-state index in [0.717, 1.165) is 17.7 Å². The van der Waals surface area contributed by atoms with Crippen molar-refractivity contribution in [1.82, 2.24) is 15.0 Å². The van der Waals surface area contributed by atoms with Gasteiger partial charge in [0.15, 0.2) is 0 Å². The number of nitrogens with one attached hydrogen (secondary N) is 1. The molecule has 0 atom stereocenters. The summed E-state index contributed by atoms with van der Waals surface area (Å²) in [6.45, 7) is 1.79. The molecule has 0 amide bonds. The van der Waals surface area contributed by atoms with Crippen LogP contribution in [0, 0.1) is 6.92 Å². The van der Waals surface area contributed by atoms with E-state index in [0.29, 0.717) is 22.8 Å². The molecule has 0 unspecified atom stereocenters. The summed E-state index contributed by atoms with van der Waals surface area (Å²) in [6, 6.07) is 8.74. The molecule has 3 aromatic rings. The van der Waals surface area contributed by atoms with Crippen molar-refractivity contribution in [2.75, 3.05) is 0 Å². The van der Waals surface area contributed by atoms with E-state index in [-0.39, 0.29) is 0 Å². The van der Waals surface area contributed by atoms with Crippen LogP contribution in [-0.4, -0.2) is 15.0 Å². The van der Waals surface area contributed by atoms with Crippen LogP contribution in [0.1, 0.15) is 11.3 Å². The Morgan fingerprint density at radius 2 is 1.73 bits per heavy atom. The van der Waals surface area contributed by atoms with Crippen LogP contribution in [0.4, 0.5) is 13.2 Å². The Labute approximate surface area is 124 Å². The van der Waals surface area contributed by atoms with Crippen LogP contribution in [0.5, 0.6) is 0 Å². The molecule has 1 aromatic carbocycles. The molecule has 112 valence electrons. The number of imidazole rings is 1. The quantitative estimate of drug-likeness (QED) is 0.759. The lowest BCUT2D eigenvalue weighted by molar-refractivity contribution is -0.137. The van der Waals surface area contributed by atoms with Crippen molar-refractivity contribution < 1.29 is 13.2 Å². The summed E-state index contributed by atoms with van der Waals surface area (Å²) >= 11 is 0. The Morgan fingerprint density at radius 1 is 1.00 bits per heavy atom. The minimum atomic E-state index is -4.37. The van der Waals surface area contributed by atoms with Gasteiger partial charge < -0.3 is 4.98 Å². The van der Waals surface area contributed by atoms with E-state index in [2.05, 4.69) is 15.0 Å². The minimum Gasteiger partial charge on any atom is -0.342 e. The van der Waals surface area contributed by atoms with Gasteiger partial charge in [0.2, 0.25) is 0 Å². The molecule has 0 aliphatic rings. The molecule has 2 heterocycles. The van der Waals surface area contributed by atoms with Gasteiger partial charge in [-0.3, -0.25) is 4.98 Å². The molecule has 0 saturated carbocycles. The number of nitrogens with zero attached hydrogens (tertiary/aromatic N) is 2. The van der Waals surface area contributed by atoms with Crippen LogP contribution in [0.25, 0.3) is 22.6 Å². The van der Waals surface area contributed by atoms with E-state index in [9.17, 15) is 13.2 Å². The van der Waals surface area contributed by atoms with Crippen LogP contribution < -0.4 is 0 Å². The second-order valence-corrected chi connectivity index (χ2v) is 4.87. The zero-order valence-corrected chi connectivity index (χ0v) is 11.6. The molecule has 0 radical (unpaired) electrons. The number of H-pyrrole nitrogens is 1. The molecular weight excluding hydrogens is 291 g/mol. The molecule has 0 saturated heterocycles. The Morgan fingerprint density at radius 3 is 2.41 bits per heavy atom. The largest absolute Gasteiger partial charge is 0.416 e. The van der Waals surface area contributed by atoms with Crippen LogP contribution >= 0.6 is 0 Å². The van der Waals surface area contributed by atoms with Gasteiger partial charge in [-0.2, -0.15) is 13.2 Å². The number of aromatic nitrogens is 3. The van der Waals surface area contributed by atoms with Crippen molar-refractivity contribution in [3.63, 3.8) is 0 Å². The lowest BCUT2D eigenvalue weighted by atomic mass is 10.1. The number of hydrogen-bond acceptors (Lipinski definition) is 2. The maximum absolute atomic E-state index is 12.8. The molecular formula is C16H12F3N3. The fourth-order valence-electron chi connectivity index (χ4n) is 2.23. The first kappa shape index (κ1) is 14.3. The molecule has 0 aliphatic carbocycles. The molecule has 3 nitrogen and oxygen atoms in total. The van der Waals surface area contributed by atoms with Gasteiger partial charge in [-0.25, -0.2) is 4.98 Å².